The monoisotopic (exact) mass is 327 g/mol. The third kappa shape index (κ3) is 3.82. The van der Waals surface area contributed by atoms with Crippen LogP contribution in [0.25, 0.3) is 0 Å². The van der Waals surface area contributed by atoms with Gasteiger partial charge in [0.2, 0.25) is 0 Å². The molecule has 0 spiro atoms. The van der Waals surface area contributed by atoms with Crippen LogP contribution in [0.5, 0.6) is 0 Å². The van der Waals surface area contributed by atoms with E-state index in [2.05, 4.69) is 44.9 Å². The van der Waals surface area contributed by atoms with Gasteiger partial charge < -0.3 is 5.32 Å². The highest BCUT2D eigenvalue weighted by Crippen LogP contribution is 2.34. The molecule has 0 bridgehead atoms. The van der Waals surface area contributed by atoms with Crippen molar-refractivity contribution in [2.24, 2.45) is 5.92 Å². The van der Waals surface area contributed by atoms with E-state index in [1.807, 2.05) is 6.20 Å². The van der Waals surface area contributed by atoms with Crippen molar-refractivity contribution in [2.45, 2.75) is 65.0 Å². The van der Waals surface area contributed by atoms with Crippen molar-refractivity contribution in [3.63, 3.8) is 0 Å². The Morgan fingerprint density at radius 2 is 2.11 bits per heavy atom. The second-order valence-electron chi connectivity index (χ2n) is 5.54. The lowest BCUT2D eigenvalue weighted by atomic mass is 9.84. The molecule has 1 aromatic rings. The van der Waals surface area contributed by atoms with Gasteiger partial charge >= 0.3 is 0 Å². The first-order valence-corrected chi connectivity index (χ1v) is 8.50. The summed E-state index contributed by atoms with van der Waals surface area (Å²) in [5.74, 6) is 0.880. The molecular weight excluding hydrogens is 302 g/mol. The highest BCUT2D eigenvalue weighted by atomic mass is 79.9. The highest BCUT2D eigenvalue weighted by molar-refractivity contribution is 9.10. The predicted molar refractivity (Wildman–Crippen MR) is 83.2 cm³/mol. The summed E-state index contributed by atoms with van der Waals surface area (Å²) in [4.78, 5) is 0. The molecule has 1 fully saturated rings. The zero-order valence-electron chi connectivity index (χ0n) is 12.2. The van der Waals surface area contributed by atoms with Gasteiger partial charge in [0.05, 0.1) is 22.4 Å². The Kier molecular flexibility index (Phi) is 5.89. The number of rotatable bonds is 6. The van der Waals surface area contributed by atoms with E-state index < -0.39 is 0 Å². The molecule has 1 N–H and O–H groups in total. The molecule has 3 nitrogen and oxygen atoms in total. The molecule has 108 valence electrons. The van der Waals surface area contributed by atoms with Gasteiger partial charge in [-0.3, -0.25) is 4.68 Å². The van der Waals surface area contributed by atoms with E-state index in [4.69, 9.17) is 0 Å². The zero-order valence-corrected chi connectivity index (χ0v) is 13.7. The molecule has 0 radical (unpaired) electrons. The van der Waals surface area contributed by atoms with E-state index in [-0.39, 0.29) is 0 Å². The fourth-order valence-corrected chi connectivity index (χ4v) is 3.84. The van der Waals surface area contributed by atoms with Crippen molar-refractivity contribution in [1.29, 1.82) is 0 Å². The Morgan fingerprint density at radius 3 is 2.74 bits per heavy atom. The summed E-state index contributed by atoms with van der Waals surface area (Å²) in [7, 11) is 0. The van der Waals surface area contributed by atoms with Crippen molar-refractivity contribution in [1.82, 2.24) is 15.1 Å². The molecule has 0 amide bonds. The average Bonchev–Trinajstić information content (AvgIpc) is 2.80. The number of hydrogen-bond acceptors (Lipinski definition) is 2. The van der Waals surface area contributed by atoms with Crippen LogP contribution in [-0.4, -0.2) is 16.3 Å². The molecular formula is C15H26BrN3. The van der Waals surface area contributed by atoms with Crippen molar-refractivity contribution < 1.29 is 0 Å². The maximum atomic E-state index is 4.46. The lowest BCUT2D eigenvalue weighted by molar-refractivity contribution is 0.294. The minimum absolute atomic E-state index is 0.435. The number of aryl methyl sites for hydroxylation is 1. The topological polar surface area (TPSA) is 29.9 Å². The van der Waals surface area contributed by atoms with Crippen LogP contribution in [0.3, 0.4) is 0 Å². The van der Waals surface area contributed by atoms with Gasteiger partial charge in [0, 0.05) is 6.54 Å². The number of nitrogens with zero attached hydrogens (tertiary/aromatic N) is 2. The summed E-state index contributed by atoms with van der Waals surface area (Å²) < 4.78 is 3.27. The minimum Gasteiger partial charge on any atom is -0.309 e. The summed E-state index contributed by atoms with van der Waals surface area (Å²) in [6, 6.07) is 0.435. The Bertz CT molecular complexity index is 383. The van der Waals surface area contributed by atoms with Gasteiger partial charge in [0.15, 0.2) is 0 Å². The van der Waals surface area contributed by atoms with Crippen LogP contribution in [-0.2, 0) is 6.54 Å². The first-order chi connectivity index (χ1) is 9.26. The van der Waals surface area contributed by atoms with Gasteiger partial charge in [-0.2, -0.15) is 5.10 Å². The Labute approximate surface area is 125 Å². The highest BCUT2D eigenvalue weighted by Gasteiger charge is 2.23. The summed E-state index contributed by atoms with van der Waals surface area (Å²) >= 11 is 3.67. The smallest absolute Gasteiger partial charge is 0.0695 e. The van der Waals surface area contributed by atoms with Crippen LogP contribution in [0.15, 0.2) is 10.7 Å². The third-order valence-corrected chi connectivity index (χ3v) is 4.82. The fourth-order valence-electron chi connectivity index (χ4n) is 3.26. The molecule has 1 unspecified atom stereocenters. The molecule has 1 atom stereocenters. The summed E-state index contributed by atoms with van der Waals surface area (Å²) in [5, 5.41) is 8.12. The van der Waals surface area contributed by atoms with E-state index in [1.165, 1.54) is 44.2 Å². The summed E-state index contributed by atoms with van der Waals surface area (Å²) in [6.45, 7) is 6.30. The summed E-state index contributed by atoms with van der Waals surface area (Å²) in [5.41, 5.74) is 1.33. The molecule has 1 aliphatic carbocycles. The zero-order chi connectivity index (χ0) is 13.7. The van der Waals surface area contributed by atoms with E-state index in [1.54, 1.807) is 0 Å². The standard InChI is InChI=1S/C15H26BrN3/c1-3-17-14(10-12-8-6-5-7-9-12)15-13(16)11-18-19(15)4-2/h11-12,14,17H,3-10H2,1-2H3. The van der Waals surface area contributed by atoms with Gasteiger partial charge in [0.25, 0.3) is 0 Å². The van der Waals surface area contributed by atoms with Crippen molar-refractivity contribution >= 4 is 15.9 Å². The molecule has 1 aromatic heterocycles. The van der Waals surface area contributed by atoms with Gasteiger partial charge in [-0.25, -0.2) is 0 Å². The molecule has 0 saturated heterocycles. The first-order valence-electron chi connectivity index (χ1n) is 7.70. The Hall–Kier alpha value is -0.350. The SMILES string of the molecule is CCNC(CC1CCCCC1)c1c(Br)cnn1CC. The third-order valence-electron chi connectivity index (χ3n) is 4.21. The maximum absolute atomic E-state index is 4.46. The van der Waals surface area contributed by atoms with E-state index in [9.17, 15) is 0 Å². The average molecular weight is 328 g/mol. The van der Waals surface area contributed by atoms with E-state index in [0.717, 1.165) is 23.5 Å². The normalized spacial score (nSPS) is 18.7. The number of hydrogen-bond donors (Lipinski definition) is 1. The van der Waals surface area contributed by atoms with Crippen LogP contribution in [0, 0.1) is 5.92 Å². The quantitative estimate of drug-likeness (QED) is 0.844. The Balaban J connectivity index is 2.11. The molecule has 1 heterocycles. The van der Waals surface area contributed by atoms with Crippen molar-refractivity contribution in [2.75, 3.05) is 6.54 Å². The molecule has 1 aliphatic rings. The first kappa shape index (κ1) is 15.0. The molecule has 0 aromatic carbocycles. The van der Waals surface area contributed by atoms with Gasteiger partial charge in [-0.1, -0.05) is 39.0 Å². The van der Waals surface area contributed by atoms with Crippen LogP contribution < -0.4 is 5.32 Å². The minimum atomic E-state index is 0.435. The fraction of sp³-hybridized carbons (Fsp3) is 0.800. The summed E-state index contributed by atoms with van der Waals surface area (Å²) in [6.07, 6.45) is 10.2. The number of aromatic nitrogens is 2. The number of halogens is 1. The van der Waals surface area contributed by atoms with Gasteiger partial charge in [-0.15, -0.1) is 0 Å². The molecule has 2 rings (SSSR count). The van der Waals surface area contributed by atoms with Crippen LogP contribution in [0.4, 0.5) is 0 Å². The van der Waals surface area contributed by atoms with E-state index >= 15 is 0 Å². The second kappa shape index (κ2) is 7.44. The largest absolute Gasteiger partial charge is 0.309 e. The maximum Gasteiger partial charge on any atom is 0.0695 e. The van der Waals surface area contributed by atoms with Crippen LogP contribution in [0.2, 0.25) is 0 Å². The molecule has 19 heavy (non-hydrogen) atoms. The second-order valence-corrected chi connectivity index (χ2v) is 6.40. The van der Waals surface area contributed by atoms with Crippen molar-refractivity contribution in [3.05, 3.63) is 16.4 Å². The lowest BCUT2D eigenvalue weighted by Crippen LogP contribution is -2.27. The van der Waals surface area contributed by atoms with Gasteiger partial charge in [-0.05, 0) is 41.7 Å². The number of nitrogens with one attached hydrogen (secondary N) is 1. The molecule has 4 heteroatoms. The van der Waals surface area contributed by atoms with Crippen molar-refractivity contribution in [3.8, 4) is 0 Å². The van der Waals surface area contributed by atoms with Gasteiger partial charge in [0.1, 0.15) is 0 Å². The molecule has 0 aliphatic heterocycles. The molecule has 1 saturated carbocycles. The predicted octanol–water partition coefficient (Wildman–Crippen LogP) is 4.29. The van der Waals surface area contributed by atoms with E-state index in [0.29, 0.717) is 6.04 Å². The Morgan fingerprint density at radius 1 is 1.37 bits per heavy atom. The van der Waals surface area contributed by atoms with Crippen LogP contribution in [0.1, 0.15) is 64.1 Å². The lowest BCUT2D eigenvalue weighted by Gasteiger charge is -2.27. The van der Waals surface area contributed by atoms with Crippen LogP contribution >= 0.6 is 15.9 Å².